The molecule has 2 rings (SSSR count). The number of nitriles is 1. The number of hydrogen-bond acceptors (Lipinski definition) is 1. The fourth-order valence-corrected chi connectivity index (χ4v) is 1.59. The minimum atomic E-state index is -1.07. The Labute approximate surface area is 99.9 Å². The van der Waals surface area contributed by atoms with Crippen LogP contribution in [-0.2, 0) is 0 Å². The van der Waals surface area contributed by atoms with E-state index in [0.29, 0.717) is 6.07 Å². The van der Waals surface area contributed by atoms with Crippen molar-refractivity contribution in [2.24, 2.45) is 0 Å². The molecule has 0 aliphatic heterocycles. The van der Waals surface area contributed by atoms with Gasteiger partial charge in [0.05, 0.1) is 17.2 Å². The summed E-state index contributed by atoms with van der Waals surface area (Å²) in [5.41, 5.74) is -1.22. The minimum absolute atomic E-state index is 0.212. The summed E-state index contributed by atoms with van der Waals surface area (Å²) in [6.07, 6.45) is 0. The molecule has 18 heavy (non-hydrogen) atoms. The number of nitrogens with zero attached hydrogens (tertiary/aromatic N) is 1. The van der Waals surface area contributed by atoms with Crippen molar-refractivity contribution in [2.45, 2.75) is 0 Å². The highest BCUT2D eigenvalue weighted by Gasteiger charge is 2.17. The van der Waals surface area contributed by atoms with Crippen LogP contribution >= 0.6 is 0 Å². The lowest BCUT2D eigenvalue weighted by Crippen LogP contribution is -1.95. The summed E-state index contributed by atoms with van der Waals surface area (Å²) in [5, 5.41) is 8.53. The van der Waals surface area contributed by atoms with Gasteiger partial charge in [0.25, 0.3) is 0 Å². The number of benzene rings is 2. The zero-order valence-corrected chi connectivity index (χ0v) is 8.85. The van der Waals surface area contributed by atoms with Crippen LogP contribution in [-0.4, -0.2) is 0 Å². The van der Waals surface area contributed by atoms with Crippen molar-refractivity contribution in [3.05, 3.63) is 59.2 Å². The maximum Gasteiger partial charge on any atom is 0.135 e. The molecule has 90 valence electrons. The fraction of sp³-hybridized carbons (Fsp3) is 0. The van der Waals surface area contributed by atoms with Crippen molar-refractivity contribution >= 4 is 0 Å². The minimum Gasteiger partial charge on any atom is -0.207 e. The van der Waals surface area contributed by atoms with E-state index in [1.807, 2.05) is 0 Å². The molecule has 0 N–H and O–H groups in total. The van der Waals surface area contributed by atoms with Gasteiger partial charge in [-0.2, -0.15) is 5.26 Å². The molecule has 0 spiro atoms. The molecule has 0 heterocycles. The van der Waals surface area contributed by atoms with Crippen LogP contribution in [0, 0.1) is 34.6 Å². The second-order valence-corrected chi connectivity index (χ2v) is 3.55. The summed E-state index contributed by atoms with van der Waals surface area (Å²) in [6.45, 7) is 0. The molecule has 0 atom stereocenters. The summed E-state index contributed by atoms with van der Waals surface area (Å²) in [6, 6.07) is 5.54. The normalized spacial score (nSPS) is 10.2. The van der Waals surface area contributed by atoms with Crippen LogP contribution in [0.15, 0.2) is 30.3 Å². The van der Waals surface area contributed by atoms with Crippen molar-refractivity contribution in [1.82, 2.24) is 0 Å². The van der Waals surface area contributed by atoms with E-state index in [4.69, 9.17) is 5.26 Å². The molecule has 5 heteroatoms. The molecule has 0 aromatic heterocycles. The second-order valence-electron chi connectivity index (χ2n) is 3.55. The van der Waals surface area contributed by atoms with Crippen LogP contribution in [0.2, 0.25) is 0 Å². The Morgan fingerprint density at radius 2 is 1.44 bits per heavy atom. The van der Waals surface area contributed by atoms with Crippen molar-refractivity contribution in [3.8, 4) is 17.2 Å². The standard InChI is InChI=1S/C13H5F4N/c14-8-1-2-9(10(15)5-8)13-11(16)3-7(6-18)4-12(13)17/h1-5H. The van der Waals surface area contributed by atoms with Gasteiger partial charge in [0.15, 0.2) is 0 Å². The van der Waals surface area contributed by atoms with E-state index in [0.717, 1.165) is 24.3 Å². The van der Waals surface area contributed by atoms with Crippen LogP contribution in [0.3, 0.4) is 0 Å². The number of hydrogen-bond donors (Lipinski definition) is 0. The van der Waals surface area contributed by atoms with Gasteiger partial charge in [0, 0.05) is 11.6 Å². The lowest BCUT2D eigenvalue weighted by Gasteiger charge is -2.07. The average molecular weight is 251 g/mol. The maximum atomic E-state index is 13.6. The largest absolute Gasteiger partial charge is 0.207 e. The van der Waals surface area contributed by atoms with E-state index in [1.165, 1.54) is 0 Å². The van der Waals surface area contributed by atoms with E-state index in [9.17, 15) is 17.6 Å². The molecule has 0 fully saturated rings. The zero-order valence-electron chi connectivity index (χ0n) is 8.85. The zero-order chi connectivity index (χ0) is 13.3. The predicted octanol–water partition coefficient (Wildman–Crippen LogP) is 3.78. The third-order valence-electron chi connectivity index (χ3n) is 2.37. The highest BCUT2D eigenvalue weighted by Crippen LogP contribution is 2.29. The first-order valence-corrected chi connectivity index (χ1v) is 4.87. The Bertz CT molecular complexity index is 636. The third kappa shape index (κ3) is 2.05. The molecule has 1 nitrogen and oxygen atoms in total. The first-order valence-electron chi connectivity index (χ1n) is 4.87. The molecule has 0 aliphatic rings. The highest BCUT2D eigenvalue weighted by molar-refractivity contribution is 5.66. The highest BCUT2D eigenvalue weighted by atomic mass is 19.1. The fourth-order valence-electron chi connectivity index (χ4n) is 1.59. The summed E-state index contributed by atoms with van der Waals surface area (Å²) >= 11 is 0. The Balaban J connectivity index is 2.68. The molecule has 0 saturated heterocycles. The van der Waals surface area contributed by atoms with Crippen molar-refractivity contribution < 1.29 is 17.6 Å². The summed E-state index contributed by atoms with van der Waals surface area (Å²) in [5.74, 6) is -4.06. The van der Waals surface area contributed by atoms with Gasteiger partial charge in [0.2, 0.25) is 0 Å². The molecule has 0 radical (unpaired) electrons. The molecule has 0 saturated carbocycles. The lowest BCUT2D eigenvalue weighted by atomic mass is 10.0. The Hall–Kier alpha value is -2.35. The first-order chi connectivity index (χ1) is 8.52. The Kier molecular flexibility index (Phi) is 3.02. The van der Waals surface area contributed by atoms with E-state index in [2.05, 4.69) is 0 Å². The van der Waals surface area contributed by atoms with E-state index in [1.54, 1.807) is 6.07 Å². The monoisotopic (exact) mass is 251 g/mol. The van der Waals surface area contributed by atoms with Gasteiger partial charge in [0.1, 0.15) is 23.3 Å². The third-order valence-corrected chi connectivity index (χ3v) is 2.37. The van der Waals surface area contributed by atoms with E-state index in [-0.39, 0.29) is 5.56 Å². The molecular formula is C13H5F4N. The molecule has 2 aromatic rings. The van der Waals surface area contributed by atoms with Crippen LogP contribution < -0.4 is 0 Å². The van der Waals surface area contributed by atoms with Crippen LogP contribution in [0.1, 0.15) is 5.56 Å². The Morgan fingerprint density at radius 3 is 1.94 bits per heavy atom. The van der Waals surface area contributed by atoms with Gasteiger partial charge in [-0.05, 0) is 24.3 Å². The Morgan fingerprint density at radius 1 is 0.833 bits per heavy atom. The molecule has 2 aromatic carbocycles. The molecule has 0 aliphatic carbocycles. The topological polar surface area (TPSA) is 23.8 Å². The summed E-state index contributed by atoms with van der Waals surface area (Å²) in [7, 11) is 0. The molecular weight excluding hydrogens is 246 g/mol. The van der Waals surface area contributed by atoms with E-state index >= 15 is 0 Å². The van der Waals surface area contributed by atoms with Crippen molar-refractivity contribution in [3.63, 3.8) is 0 Å². The summed E-state index contributed by atoms with van der Waals surface area (Å²) in [4.78, 5) is 0. The molecule has 0 bridgehead atoms. The summed E-state index contributed by atoms with van der Waals surface area (Å²) < 4.78 is 53.4. The van der Waals surface area contributed by atoms with Crippen LogP contribution in [0.5, 0.6) is 0 Å². The SMILES string of the molecule is N#Cc1cc(F)c(-c2ccc(F)cc2F)c(F)c1. The first kappa shape index (κ1) is 12.1. The number of rotatable bonds is 1. The van der Waals surface area contributed by atoms with Gasteiger partial charge in [-0.25, -0.2) is 17.6 Å². The second kappa shape index (κ2) is 4.49. The van der Waals surface area contributed by atoms with Gasteiger partial charge >= 0.3 is 0 Å². The quantitative estimate of drug-likeness (QED) is 0.707. The predicted molar refractivity (Wildman–Crippen MR) is 56.4 cm³/mol. The van der Waals surface area contributed by atoms with Gasteiger partial charge in [-0.15, -0.1) is 0 Å². The van der Waals surface area contributed by atoms with Crippen molar-refractivity contribution in [2.75, 3.05) is 0 Å². The van der Waals surface area contributed by atoms with Crippen molar-refractivity contribution in [1.29, 1.82) is 5.26 Å². The molecule has 0 unspecified atom stereocenters. The van der Waals surface area contributed by atoms with Crippen LogP contribution in [0.25, 0.3) is 11.1 Å². The maximum absolute atomic E-state index is 13.6. The van der Waals surface area contributed by atoms with Gasteiger partial charge < -0.3 is 0 Å². The van der Waals surface area contributed by atoms with Crippen LogP contribution in [0.4, 0.5) is 17.6 Å². The smallest absolute Gasteiger partial charge is 0.135 e. The lowest BCUT2D eigenvalue weighted by molar-refractivity contribution is 0.570. The van der Waals surface area contributed by atoms with E-state index < -0.39 is 34.4 Å². The van der Waals surface area contributed by atoms with Gasteiger partial charge in [-0.3, -0.25) is 0 Å². The molecule has 0 amide bonds. The van der Waals surface area contributed by atoms with Gasteiger partial charge in [-0.1, -0.05) is 0 Å². The average Bonchev–Trinajstić information content (AvgIpc) is 2.30. The number of halogens is 4.